The molecule has 0 aromatic heterocycles. The molecule has 0 amide bonds. The summed E-state index contributed by atoms with van der Waals surface area (Å²) in [5.74, 6) is -2.70. The number of hydrogen-bond donors (Lipinski definition) is 3. The Hall–Kier alpha value is -1.73. The van der Waals surface area contributed by atoms with E-state index < -0.39 is 34.5 Å². The molecule has 0 aromatic rings. The molecule has 8 atom stereocenters. The van der Waals surface area contributed by atoms with Gasteiger partial charge >= 0.3 is 11.9 Å². The Morgan fingerprint density at radius 1 is 1.23 bits per heavy atom. The number of rotatable bonds is 4. The van der Waals surface area contributed by atoms with Crippen LogP contribution in [0.3, 0.4) is 0 Å². The number of aliphatic hydroxyl groups is 1. The molecule has 7 heteroatoms. The van der Waals surface area contributed by atoms with Gasteiger partial charge in [0.2, 0.25) is 0 Å². The number of carboxylic acid groups (broad SMARTS) is 2. The van der Waals surface area contributed by atoms with Crippen LogP contribution >= 0.6 is 0 Å². The van der Waals surface area contributed by atoms with Crippen molar-refractivity contribution in [3.63, 3.8) is 0 Å². The van der Waals surface area contributed by atoms with Crippen LogP contribution in [-0.2, 0) is 19.1 Å². The van der Waals surface area contributed by atoms with E-state index in [1.807, 2.05) is 6.92 Å². The van der Waals surface area contributed by atoms with E-state index in [1.54, 1.807) is 6.08 Å². The van der Waals surface area contributed by atoms with Crippen molar-refractivity contribution in [3.05, 3.63) is 11.6 Å². The van der Waals surface area contributed by atoms with Crippen LogP contribution in [0, 0.1) is 28.6 Å². The highest BCUT2D eigenvalue weighted by Crippen LogP contribution is 2.77. The largest absolute Gasteiger partial charge is 0.481 e. The third kappa shape index (κ3) is 2.25. The molecule has 3 N–H and O–H groups in total. The summed E-state index contributed by atoms with van der Waals surface area (Å²) in [7, 11) is 0. The summed E-state index contributed by atoms with van der Waals surface area (Å²) < 4.78 is 6.44. The van der Waals surface area contributed by atoms with Gasteiger partial charge in [-0.2, -0.15) is 0 Å². The van der Waals surface area contributed by atoms with Gasteiger partial charge in [-0.15, -0.1) is 0 Å². The minimum Gasteiger partial charge on any atom is -0.481 e. The molecule has 0 radical (unpaired) electrons. The van der Waals surface area contributed by atoms with Crippen molar-refractivity contribution in [2.24, 2.45) is 28.6 Å². The van der Waals surface area contributed by atoms with Crippen LogP contribution in [-0.4, -0.2) is 50.3 Å². The first kappa shape index (κ1) is 20.2. The van der Waals surface area contributed by atoms with Gasteiger partial charge in [-0.1, -0.05) is 19.4 Å². The summed E-state index contributed by atoms with van der Waals surface area (Å²) in [6.45, 7) is 4.14. The lowest BCUT2D eigenvalue weighted by molar-refractivity contribution is -0.160. The van der Waals surface area contributed by atoms with E-state index in [4.69, 9.17) is 9.84 Å². The Balaban J connectivity index is 1.59. The molecule has 0 aromatic carbocycles. The molecule has 0 bridgehead atoms. The highest BCUT2D eigenvalue weighted by atomic mass is 16.6. The van der Waals surface area contributed by atoms with Gasteiger partial charge in [0.25, 0.3) is 0 Å². The number of aliphatic carboxylic acids is 2. The van der Waals surface area contributed by atoms with Crippen LogP contribution in [0.2, 0.25) is 0 Å². The zero-order chi connectivity index (χ0) is 21.7. The van der Waals surface area contributed by atoms with E-state index in [1.165, 1.54) is 0 Å². The van der Waals surface area contributed by atoms with Crippen LogP contribution in [0.4, 0.5) is 0 Å². The fourth-order valence-corrected chi connectivity index (χ4v) is 8.08. The van der Waals surface area contributed by atoms with E-state index in [-0.39, 0.29) is 42.0 Å². The van der Waals surface area contributed by atoms with Crippen molar-refractivity contribution in [2.45, 2.75) is 82.5 Å². The molecule has 4 aliphatic carbocycles. The molecule has 3 saturated carbocycles. The maximum Gasteiger partial charge on any atom is 0.307 e. The van der Waals surface area contributed by atoms with Gasteiger partial charge in [0.1, 0.15) is 5.60 Å². The first-order valence-electron chi connectivity index (χ1n) is 11.1. The summed E-state index contributed by atoms with van der Waals surface area (Å²) in [5, 5.41) is 30.9. The number of fused-ring (bicyclic) bond motifs is 3. The van der Waals surface area contributed by atoms with E-state index in [0.717, 1.165) is 5.57 Å². The summed E-state index contributed by atoms with van der Waals surface area (Å²) in [6.07, 6.45) is 4.81. The van der Waals surface area contributed by atoms with E-state index >= 15 is 0 Å². The van der Waals surface area contributed by atoms with E-state index in [2.05, 4.69) is 6.92 Å². The number of epoxide rings is 1. The Labute approximate surface area is 175 Å². The van der Waals surface area contributed by atoms with Gasteiger partial charge in [0.15, 0.2) is 5.78 Å². The van der Waals surface area contributed by atoms with Crippen LogP contribution in [0.1, 0.15) is 65.2 Å². The Bertz CT molecular complexity index is 879. The molecule has 5 aliphatic rings. The summed E-state index contributed by atoms with van der Waals surface area (Å²) in [6, 6.07) is 0. The third-order valence-corrected chi connectivity index (χ3v) is 9.77. The maximum atomic E-state index is 12.4. The molecule has 30 heavy (non-hydrogen) atoms. The van der Waals surface area contributed by atoms with Crippen molar-refractivity contribution in [3.8, 4) is 0 Å². The normalized spacial score (nSPS) is 51.2. The first-order valence-corrected chi connectivity index (χ1v) is 11.1. The van der Waals surface area contributed by atoms with Crippen LogP contribution in [0.15, 0.2) is 11.6 Å². The molecule has 1 heterocycles. The van der Waals surface area contributed by atoms with Gasteiger partial charge < -0.3 is 20.1 Å². The topological polar surface area (TPSA) is 124 Å². The molecular formula is C23H30O7. The number of hydrogen-bond acceptors (Lipinski definition) is 5. The molecule has 5 rings (SSSR count). The Morgan fingerprint density at radius 2 is 1.97 bits per heavy atom. The second kappa shape index (κ2) is 5.94. The second-order valence-electron chi connectivity index (χ2n) is 10.7. The number of carbonyl (C=O) groups is 3. The molecule has 0 unspecified atom stereocenters. The fourth-order valence-electron chi connectivity index (χ4n) is 8.08. The van der Waals surface area contributed by atoms with Crippen LogP contribution in [0.5, 0.6) is 0 Å². The monoisotopic (exact) mass is 418 g/mol. The van der Waals surface area contributed by atoms with Crippen molar-refractivity contribution in [1.29, 1.82) is 0 Å². The highest BCUT2D eigenvalue weighted by molar-refractivity contribution is 5.92. The van der Waals surface area contributed by atoms with Crippen LogP contribution < -0.4 is 0 Å². The Morgan fingerprint density at radius 3 is 2.63 bits per heavy atom. The van der Waals surface area contributed by atoms with Gasteiger partial charge in [0.05, 0.1) is 17.6 Å². The smallest absolute Gasteiger partial charge is 0.307 e. The predicted molar refractivity (Wildman–Crippen MR) is 105 cm³/mol. The first-order chi connectivity index (χ1) is 14.0. The van der Waals surface area contributed by atoms with E-state index in [9.17, 15) is 24.6 Å². The molecular weight excluding hydrogens is 388 g/mol. The lowest BCUT2D eigenvalue weighted by Crippen LogP contribution is -2.63. The quantitative estimate of drug-likeness (QED) is 0.599. The van der Waals surface area contributed by atoms with Gasteiger partial charge in [-0.25, -0.2) is 0 Å². The SMILES string of the molecule is C[C@]12CCC(=O)C=C1C[C@@H](C(=O)O)[C@H]1[C@@H]3CC[C@](O)(CCC(=O)O)[C@@]3(C)C[C@H]3O[C@@]132. The van der Waals surface area contributed by atoms with Crippen LogP contribution in [0.25, 0.3) is 0 Å². The summed E-state index contributed by atoms with van der Waals surface area (Å²) in [4.78, 5) is 35.7. The predicted octanol–water partition coefficient (Wildman–Crippen LogP) is 2.56. The highest BCUT2D eigenvalue weighted by Gasteiger charge is 2.82. The van der Waals surface area contributed by atoms with Gasteiger partial charge in [0, 0.05) is 29.6 Å². The molecule has 1 saturated heterocycles. The van der Waals surface area contributed by atoms with E-state index in [0.29, 0.717) is 38.5 Å². The number of carbonyl (C=O) groups excluding carboxylic acids is 1. The van der Waals surface area contributed by atoms with Crippen molar-refractivity contribution in [2.75, 3.05) is 0 Å². The summed E-state index contributed by atoms with van der Waals surface area (Å²) >= 11 is 0. The second-order valence-corrected chi connectivity index (χ2v) is 10.7. The van der Waals surface area contributed by atoms with Crippen molar-refractivity contribution >= 4 is 17.7 Å². The zero-order valence-electron chi connectivity index (χ0n) is 17.5. The molecule has 4 fully saturated rings. The molecule has 164 valence electrons. The molecule has 1 aliphatic heterocycles. The standard InChI is InChI=1S/C23H30O7/c1-20-6-3-13(24)9-12(20)10-14(19(27)28)18-15-4-7-22(29,8-5-17(25)26)21(15,2)11-16-23(18,20)30-16/h9,14-16,18,29H,3-8,10-11H2,1-2H3,(H,25,26)(H,27,28)/t14-,15+,16-,18+,20+,21+,22+,23-/m1/s1. The fraction of sp³-hybridized carbons (Fsp3) is 0.783. The number of ketones is 1. The average molecular weight is 418 g/mol. The molecule has 1 spiro atoms. The molecule has 7 nitrogen and oxygen atoms in total. The summed E-state index contributed by atoms with van der Waals surface area (Å²) in [5.41, 5.74) is -1.74. The third-order valence-electron chi connectivity index (χ3n) is 9.77. The van der Waals surface area contributed by atoms with Crippen molar-refractivity contribution < 1.29 is 34.4 Å². The minimum absolute atomic E-state index is 0.0489. The number of ether oxygens (including phenoxy) is 1. The van der Waals surface area contributed by atoms with Crippen molar-refractivity contribution in [1.82, 2.24) is 0 Å². The lowest BCUT2D eigenvalue weighted by atomic mass is 9.43. The van der Waals surface area contributed by atoms with Gasteiger partial charge in [-0.3, -0.25) is 14.4 Å². The maximum absolute atomic E-state index is 12.4. The van der Waals surface area contributed by atoms with Gasteiger partial charge in [-0.05, 0) is 50.5 Å². The minimum atomic E-state index is -1.13. The lowest BCUT2D eigenvalue weighted by Gasteiger charge is -2.58. The Kier molecular flexibility index (Phi) is 4.00. The average Bonchev–Trinajstić information content (AvgIpc) is 3.32. The zero-order valence-corrected chi connectivity index (χ0v) is 17.5. The number of carboxylic acids is 2.